The van der Waals surface area contributed by atoms with Crippen LogP contribution in [0.3, 0.4) is 0 Å². The van der Waals surface area contributed by atoms with Gasteiger partial charge in [0.05, 0.1) is 17.2 Å². The Bertz CT molecular complexity index is 1510. The quantitative estimate of drug-likeness (QED) is 0.305. The Hall–Kier alpha value is -3.37. The molecular formula is C30H29Cl2N5O. The van der Waals surface area contributed by atoms with Gasteiger partial charge in [0.1, 0.15) is 17.3 Å². The number of piperazine rings is 1. The number of halogens is 2. The highest BCUT2D eigenvalue weighted by molar-refractivity contribution is 6.30. The van der Waals surface area contributed by atoms with Crippen molar-refractivity contribution in [2.75, 3.05) is 24.5 Å². The number of aromatic nitrogens is 2. The van der Waals surface area contributed by atoms with Crippen LogP contribution in [0.25, 0.3) is 11.0 Å². The molecule has 8 heteroatoms. The number of hydrogen-bond acceptors (Lipinski definition) is 5. The van der Waals surface area contributed by atoms with Crippen molar-refractivity contribution in [1.29, 1.82) is 5.26 Å². The topological polar surface area (TPSA) is 65.2 Å². The van der Waals surface area contributed by atoms with E-state index in [1.54, 1.807) is 29.8 Å². The number of anilines is 1. The van der Waals surface area contributed by atoms with Gasteiger partial charge in [0.25, 0.3) is 5.56 Å². The number of rotatable bonds is 5. The molecule has 0 aliphatic carbocycles. The Morgan fingerprint density at radius 1 is 0.947 bits per heavy atom. The van der Waals surface area contributed by atoms with Gasteiger partial charge in [-0.2, -0.15) is 5.26 Å². The molecule has 0 bridgehead atoms. The average molecular weight is 547 g/mol. The maximum atomic E-state index is 12.9. The summed E-state index contributed by atoms with van der Waals surface area (Å²) in [5.41, 5.74) is 4.74. The van der Waals surface area contributed by atoms with Crippen LogP contribution in [0.15, 0.2) is 71.5 Å². The average Bonchev–Trinajstić information content (AvgIpc) is 2.92. The fourth-order valence-corrected chi connectivity index (χ4v) is 5.69. The summed E-state index contributed by atoms with van der Waals surface area (Å²) >= 11 is 12.5. The molecule has 1 saturated heterocycles. The Kier molecular flexibility index (Phi) is 7.45. The van der Waals surface area contributed by atoms with Gasteiger partial charge >= 0.3 is 0 Å². The first kappa shape index (κ1) is 26.2. The lowest BCUT2D eigenvalue weighted by molar-refractivity contribution is 0.105. The predicted octanol–water partition coefficient (Wildman–Crippen LogP) is 6.05. The second-order valence-corrected chi connectivity index (χ2v) is 11.0. The molecule has 38 heavy (non-hydrogen) atoms. The minimum Gasteiger partial charge on any atom is -0.367 e. The molecule has 6 nitrogen and oxygen atoms in total. The van der Waals surface area contributed by atoms with Crippen molar-refractivity contribution in [3.05, 3.63) is 104 Å². The SMILES string of the molecule is CC(C)[C@@H]1CN(c2cc(=O)n(C)c3ccc(C#N)nc23)CCN1C(c1ccc(Cl)cc1)c1ccc(Cl)cc1. The van der Waals surface area contributed by atoms with Crippen molar-refractivity contribution in [2.45, 2.75) is 25.9 Å². The maximum absolute atomic E-state index is 12.9. The molecule has 3 heterocycles. The van der Waals surface area contributed by atoms with Gasteiger partial charge in [0, 0.05) is 48.8 Å². The second-order valence-electron chi connectivity index (χ2n) is 10.1. The summed E-state index contributed by atoms with van der Waals surface area (Å²) in [5, 5.41) is 10.9. The first-order valence-electron chi connectivity index (χ1n) is 12.7. The van der Waals surface area contributed by atoms with E-state index in [0.29, 0.717) is 33.7 Å². The van der Waals surface area contributed by atoms with E-state index in [2.05, 4.69) is 59.0 Å². The summed E-state index contributed by atoms with van der Waals surface area (Å²) in [6, 6.07) is 23.5. The third-order valence-electron chi connectivity index (χ3n) is 7.46. The van der Waals surface area contributed by atoms with E-state index in [1.807, 2.05) is 24.3 Å². The summed E-state index contributed by atoms with van der Waals surface area (Å²) in [7, 11) is 1.74. The number of nitriles is 1. The van der Waals surface area contributed by atoms with Crippen LogP contribution in [-0.2, 0) is 7.05 Å². The Labute approximate surface area is 232 Å². The Morgan fingerprint density at radius 2 is 1.55 bits per heavy atom. The van der Waals surface area contributed by atoms with Gasteiger partial charge in [-0.05, 0) is 53.4 Å². The number of pyridine rings is 2. The first-order chi connectivity index (χ1) is 18.3. The van der Waals surface area contributed by atoms with Crippen LogP contribution < -0.4 is 10.5 Å². The second kappa shape index (κ2) is 10.8. The van der Waals surface area contributed by atoms with Crippen LogP contribution in [0.5, 0.6) is 0 Å². The molecule has 194 valence electrons. The molecule has 2 aromatic carbocycles. The smallest absolute Gasteiger partial charge is 0.252 e. The zero-order valence-corrected chi connectivity index (χ0v) is 23.1. The lowest BCUT2D eigenvalue weighted by Gasteiger charge is -2.48. The van der Waals surface area contributed by atoms with Crippen molar-refractivity contribution in [3.8, 4) is 6.07 Å². The molecule has 2 aromatic heterocycles. The van der Waals surface area contributed by atoms with Gasteiger partial charge in [0.15, 0.2) is 0 Å². The molecule has 0 radical (unpaired) electrons. The molecule has 0 amide bonds. The van der Waals surface area contributed by atoms with E-state index in [4.69, 9.17) is 23.2 Å². The van der Waals surface area contributed by atoms with E-state index >= 15 is 0 Å². The third kappa shape index (κ3) is 5.02. The van der Waals surface area contributed by atoms with E-state index in [0.717, 1.165) is 35.4 Å². The van der Waals surface area contributed by atoms with Gasteiger partial charge in [-0.25, -0.2) is 4.98 Å². The minimum absolute atomic E-state index is 0.0165. The predicted molar refractivity (Wildman–Crippen MR) is 154 cm³/mol. The molecule has 1 aliphatic heterocycles. The zero-order chi connectivity index (χ0) is 27.0. The molecule has 0 unspecified atom stereocenters. The Balaban J connectivity index is 1.57. The van der Waals surface area contributed by atoms with E-state index < -0.39 is 0 Å². The minimum atomic E-state index is -0.0947. The van der Waals surface area contributed by atoms with Gasteiger partial charge in [0.2, 0.25) is 0 Å². The fraction of sp³-hybridized carbons (Fsp3) is 0.300. The van der Waals surface area contributed by atoms with Crippen molar-refractivity contribution in [3.63, 3.8) is 0 Å². The summed E-state index contributed by atoms with van der Waals surface area (Å²) in [6.45, 7) is 6.66. The highest BCUT2D eigenvalue weighted by atomic mass is 35.5. The monoisotopic (exact) mass is 545 g/mol. The van der Waals surface area contributed by atoms with Gasteiger partial charge in [-0.3, -0.25) is 9.69 Å². The van der Waals surface area contributed by atoms with E-state index in [1.165, 1.54) is 0 Å². The molecule has 0 saturated carbocycles. The van der Waals surface area contributed by atoms with Crippen LogP contribution in [0.1, 0.15) is 36.7 Å². The number of nitrogens with zero attached hydrogens (tertiary/aromatic N) is 5. The van der Waals surface area contributed by atoms with Crippen LogP contribution in [0.4, 0.5) is 5.69 Å². The van der Waals surface area contributed by atoms with Crippen molar-refractivity contribution in [1.82, 2.24) is 14.5 Å². The van der Waals surface area contributed by atoms with E-state index in [9.17, 15) is 10.1 Å². The van der Waals surface area contributed by atoms with Crippen molar-refractivity contribution < 1.29 is 0 Å². The number of benzene rings is 2. The lowest BCUT2D eigenvalue weighted by Crippen LogP contribution is -2.56. The molecular weight excluding hydrogens is 517 g/mol. The van der Waals surface area contributed by atoms with Crippen molar-refractivity contribution >= 4 is 39.9 Å². The van der Waals surface area contributed by atoms with Crippen LogP contribution in [0, 0.1) is 17.2 Å². The lowest BCUT2D eigenvalue weighted by atomic mass is 9.91. The third-order valence-corrected chi connectivity index (χ3v) is 7.96. The Morgan fingerprint density at radius 3 is 2.11 bits per heavy atom. The van der Waals surface area contributed by atoms with Gasteiger partial charge in [-0.15, -0.1) is 0 Å². The molecule has 1 fully saturated rings. The molecule has 0 spiro atoms. The van der Waals surface area contributed by atoms with Crippen LogP contribution in [0.2, 0.25) is 10.0 Å². The highest BCUT2D eigenvalue weighted by Crippen LogP contribution is 2.36. The standard InChI is InChI=1S/C30H29Cl2N5O/c1-19(2)27-18-36(26-16-28(38)35(3)25-13-12-24(17-33)34-29(25)26)14-15-37(27)30(20-4-8-22(31)9-5-20)21-6-10-23(32)11-7-21/h4-13,16,19,27,30H,14-15,18H2,1-3H3/t27-/m0/s1. The van der Waals surface area contributed by atoms with Gasteiger partial charge < -0.3 is 9.47 Å². The zero-order valence-electron chi connectivity index (χ0n) is 21.6. The number of aryl methyl sites for hydroxylation is 1. The summed E-state index contributed by atoms with van der Waals surface area (Å²) in [4.78, 5) is 22.3. The fourth-order valence-electron chi connectivity index (χ4n) is 5.44. The van der Waals surface area contributed by atoms with E-state index in [-0.39, 0.29) is 17.6 Å². The van der Waals surface area contributed by atoms with Gasteiger partial charge in [-0.1, -0.05) is 61.3 Å². The normalized spacial score (nSPS) is 16.4. The molecule has 1 atom stereocenters. The number of hydrogen-bond donors (Lipinski definition) is 0. The molecule has 0 N–H and O–H groups in total. The molecule has 1 aliphatic rings. The summed E-state index contributed by atoms with van der Waals surface area (Å²) in [6.07, 6.45) is 0. The van der Waals surface area contributed by atoms with Crippen LogP contribution in [-0.4, -0.2) is 40.1 Å². The summed E-state index contributed by atoms with van der Waals surface area (Å²) < 4.78 is 1.58. The highest BCUT2D eigenvalue weighted by Gasteiger charge is 2.36. The number of fused-ring (bicyclic) bond motifs is 1. The van der Waals surface area contributed by atoms with Crippen LogP contribution >= 0.6 is 23.2 Å². The largest absolute Gasteiger partial charge is 0.367 e. The van der Waals surface area contributed by atoms with Crippen molar-refractivity contribution in [2.24, 2.45) is 13.0 Å². The molecule has 4 aromatic rings. The first-order valence-corrected chi connectivity index (χ1v) is 13.4. The maximum Gasteiger partial charge on any atom is 0.252 e. The summed E-state index contributed by atoms with van der Waals surface area (Å²) in [5.74, 6) is 0.334. The molecule has 5 rings (SSSR count).